The quantitative estimate of drug-likeness (QED) is 0.129. The summed E-state index contributed by atoms with van der Waals surface area (Å²) in [5, 5.41) is 1.07. The molecular weight excluding hydrogens is 851 g/mol. The molecule has 0 radical (unpaired) electrons. The van der Waals surface area contributed by atoms with Crippen LogP contribution < -0.4 is 0 Å². The van der Waals surface area contributed by atoms with Gasteiger partial charge in [-0.3, -0.25) is 4.99 Å². The Bertz CT molecular complexity index is 3540. The van der Waals surface area contributed by atoms with Gasteiger partial charge in [-0.1, -0.05) is 200 Å². The number of aliphatic imine (C=N–C) groups is 1. The molecule has 8 aromatic rings. The minimum Gasteiger partial charge on any atom is -0.456 e. The lowest BCUT2D eigenvalue weighted by Gasteiger charge is -2.29. The van der Waals surface area contributed by atoms with Gasteiger partial charge in [-0.05, 0) is 102 Å². The van der Waals surface area contributed by atoms with E-state index in [4.69, 9.17) is 19.4 Å². The predicted octanol–water partition coefficient (Wildman–Crippen LogP) is 16.8. The zero-order valence-electron chi connectivity index (χ0n) is 39.4. The van der Waals surface area contributed by atoms with E-state index in [9.17, 15) is 0 Å². The van der Waals surface area contributed by atoms with Gasteiger partial charge in [-0.25, -0.2) is 9.97 Å². The third-order valence-electron chi connectivity index (χ3n) is 14.2. The summed E-state index contributed by atoms with van der Waals surface area (Å²) in [5.74, 6) is 1.70. The van der Waals surface area contributed by atoms with Crippen molar-refractivity contribution in [2.24, 2.45) is 4.99 Å². The molecular formula is C66H51N3O. The number of rotatable bonds is 10. The molecule has 12 rings (SSSR count). The van der Waals surface area contributed by atoms with Gasteiger partial charge >= 0.3 is 0 Å². The van der Waals surface area contributed by atoms with Crippen LogP contribution in [-0.2, 0) is 5.41 Å². The summed E-state index contributed by atoms with van der Waals surface area (Å²) in [4.78, 5) is 16.2. The number of hydrogen-bond acceptors (Lipinski definition) is 4. The maximum Gasteiger partial charge on any atom is 0.160 e. The second-order valence-corrected chi connectivity index (χ2v) is 18.4. The van der Waals surface area contributed by atoms with Crippen LogP contribution in [0.4, 0.5) is 0 Å². The van der Waals surface area contributed by atoms with E-state index in [0.29, 0.717) is 5.82 Å². The number of nitrogens with zero attached hydrogens (tertiary/aromatic N) is 3. The zero-order chi connectivity index (χ0) is 47.0. The molecule has 4 aliphatic rings. The highest BCUT2D eigenvalue weighted by Gasteiger charge is 2.49. The number of hydrogen-bond donors (Lipinski definition) is 0. The second-order valence-electron chi connectivity index (χ2n) is 18.4. The Labute approximate surface area is 410 Å². The van der Waals surface area contributed by atoms with Crippen molar-refractivity contribution in [3.63, 3.8) is 0 Å². The number of furan rings is 1. The summed E-state index contributed by atoms with van der Waals surface area (Å²) in [6.07, 6.45) is 27.5. The molecule has 0 bridgehead atoms. The van der Waals surface area contributed by atoms with Crippen molar-refractivity contribution < 1.29 is 4.42 Å². The fourth-order valence-electron chi connectivity index (χ4n) is 10.9. The summed E-state index contributed by atoms with van der Waals surface area (Å²) in [7, 11) is 0. The summed E-state index contributed by atoms with van der Waals surface area (Å²) in [6, 6.07) is 58.2. The van der Waals surface area contributed by atoms with Crippen LogP contribution in [0.1, 0.15) is 67.0 Å². The van der Waals surface area contributed by atoms with Crippen LogP contribution in [0.2, 0.25) is 0 Å². The Kier molecular flexibility index (Phi) is 11.1. The molecule has 4 heteroatoms. The molecule has 0 saturated carbocycles. The first-order chi connectivity index (χ1) is 34.6. The van der Waals surface area contributed by atoms with Gasteiger partial charge in [0.1, 0.15) is 11.3 Å². The van der Waals surface area contributed by atoms with E-state index in [-0.39, 0.29) is 5.92 Å². The summed E-state index contributed by atoms with van der Waals surface area (Å²) < 4.78 is 6.85. The minimum absolute atomic E-state index is 0.192. The lowest BCUT2D eigenvalue weighted by Crippen LogP contribution is -2.23. The van der Waals surface area contributed by atoms with Crippen molar-refractivity contribution in [1.82, 2.24) is 9.97 Å². The van der Waals surface area contributed by atoms with Gasteiger partial charge < -0.3 is 4.42 Å². The number of allylic oxidation sites excluding steroid dienone is 15. The van der Waals surface area contributed by atoms with E-state index in [1.54, 1.807) is 0 Å². The van der Waals surface area contributed by atoms with Crippen LogP contribution in [0, 0.1) is 0 Å². The summed E-state index contributed by atoms with van der Waals surface area (Å²) >= 11 is 0. The Balaban J connectivity index is 1.11. The normalized spacial score (nSPS) is 18.5. The van der Waals surface area contributed by atoms with Crippen LogP contribution in [0.25, 0.3) is 67.3 Å². The smallest absolute Gasteiger partial charge is 0.160 e. The number of fused-ring (bicyclic) bond motifs is 6. The maximum atomic E-state index is 6.85. The highest BCUT2D eigenvalue weighted by atomic mass is 16.3. The van der Waals surface area contributed by atoms with E-state index in [1.807, 2.05) is 18.2 Å². The zero-order valence-corrected chi connectivity index (χ0v) is 39.4. The lowest BCUT2D eigenvalue weighted by atomic mass is 9.72. The van der Waals surface area contributed by atoms with Crippen LogP contribution in [-0.4, -0.2) is 15.7 Å². The first kappa shape index (κ1) is 42.9. The van der Waals surface area contributed by atoms with Gasteiger partial charge in [0.05, 0.1) is 22.5 Å². The Morgan fingerprint density at radius 3 is 1.97 bits per heavy atom. The van der Waals surface area contributed by atoms with Crippen LogP contribution in [0.5, 0.6) is 0 Å². The fraction of sp³-hybridized carbons (Fsp3) is 0.106. The molecule has 2 atom stereocenters. The van der Waals surface area contributed by atoms with Gasteiger partial charge in [0.2, 0.25) is 0 Å². The number of para-hydroxylation sites is 1. The highest BCUT2D eigenvalue weighted by Crippen LogP contribution is 2.61. The molecule has 1 aliphatic heterocycles. The monoisotopic (exact) mass is 901 g/mol. The molecule has 0 amide bonds. The fourth-order valence-corrected chi connectivity index (χ4v) is 10.9. The highest BCUT2D eigenvalue weighted by molar-refractivity contribution is 6.06. The average molecular weight is 902 g/mol. The van der Waals surface area contributed by atoms with Crippen LogP contribution in [0.3, 0.4) is 0 Å². The van der Waals surface area contributed by atoms with Crippen LogP contribution >= 0.6 is 0 Å². The Morgan fingerprint density at radius 2 is 1.30 bits per heavy atom. The van der Waals surface area contributed by atoms with Gasteiger partial charge in [0.25, 0.3) is 0 Å². The molecule has 3 aliphatic carbocycles. The van der Waals surface area contributed by atoms with Crippen molar-refractivity contribution in [2.45, 2.75) is 44.4 Å². The van der Waals surface area contributed by atoms with E-state index >= 15 is 0 Å². The first-order valence-corrected chi connectivity index (χ1v) is 24.5. The summed E-state index contributed by atoms with van der Waals surface area (Å²) in [5.41, 5.74) is 18.9. The van der Waals surface area contributed by atoms with Gasteiger partial charge in [0, 0.05) is 51.3 Å². The second kappa shape index (κ2) is 18.2. The molecule has 70 heavy (non-hydrogen) atoms. The van der Waals surface area contributed by atoms with Crippen molar-refractivity contribution in [3.8, 4) is 45.0 Å². The topological polar surface area (TPSA) is 51.3 Å². The molecule has 2 unspecified atom stereocenters. The minimum atomic E-state index is -0.732. The van der Waals surface area contributed by atoms with Crippen molar-refractivity contribution in [3.05, 3.63) is 275 Å². The van der Waals surface area contributed by atoms with E-state index in [2.05, 4.69) is 226 Å². The Hall–Kier alpha value is -8.47. The van der Waals surface area contributed by atoms with Crippen molar-refractivity contribution in [1.29, 1.82) is 0 Å². The SMILES string of the molecule is C/C=C\C=C/C1=CC2(C(/C=C\C)=C1c1cc3ccccc3o1)c1cc(C3=CC(c4ccccc4)CC(C4=CC=CCC4)=N3)ccc1-c1ccc(-c3nc(-c4ccccc4)cc(-c4ccccc4)n3)cc12. The molecule has 336 valence electrons. The number of benzene rings is 6. The lowest BCUT2D eigenvalue weighted by molar-refractivity contribution is 0.599. The molecule has 3 heterocycles. The molecule has 4 nitrogen and oxygen atoms in total. The van der Waals surface area contributed by atoms with E-state index < -0.39 is 5.41 Å². The van der Waals surface area contributed by atoms with Gasteiger partial charge in [-0.2, -0.15) is 0 Å². The number of aromatic nitrogens is 2. The van der Waals surface area contributed by atoms with E-state index in [0.717, 1.165) is 92.0 Å². The average Bonchev–Trinajstić information content (AvgIpc) is 4.09. The maximum absolute atomic E-state index is 6.85. The molecule has 0 N–H and O–H groups in total. The van der Waals surface area contributed by atoms with Crippen molar-refractivity contribution >= 4 is 28.0 Å². The first-order valence-electron chi connectivity index (χ1n) is 24.5. The third-order valence-corrected chi connectivity index (χ3v) is 14.2. The molecule has 0 fully saturated rings. The van der Waals surface area contributed by atoms with Gasteiger partial charge in [-0.15, -0.1) is 0 Å². The van der Waals surface area contributed by atoms with E-state index in [1.165, 1.54) is 39.1 Å². The van der Waals surface area contributed by atoms with Gasteiger partial charge in [0.15, 0.2) is 5.82 Å². The molecule has 2 aromatic heterocycles. The molecule has 6 aromatic carbocycles. The Morgan fingerprint density at radius 1 is 0.629 bits per heavy atom. The van der Waals surface area contributed by atoms with Crippen molar-refractivity contribution in [2.75, 3.05) is 0 Å². The standard InChI is InChI=1S/C66H51N3O/c1-3-5-10-31-51-43-66(55(21-4-2)64(51)63-41-49-30-19-20-32-62(49)70-63)56-37-48(59-40-52(44-22-11-6-12-23-44)39-58(67-59)45-24-13-7-14-25-45)33-35-53(56)54-36-34-50(38-57(54)66)65-68-60(46-26-15-8-16-27-46)42-61(69-65)47-28-17-9-18-29-47/h3-13,15-24,26-38,40-43,52H,14,25,39H2,1-2H3/b5-3-,21-4-,31-10-. The largest absolute Gasteiger partial charge is 0.456 e. The molecule has 1 spiro atoms. The summed E-state index contributed by atoms with van der Waals surface area (Å²) in [6.45, 7) is 4.17. The predicted molar refractivity (Wildman–Crippen MR) is 290 cm³/mol. The third kappa shape index (κ3) is 7.63. The van der Waals surface area contributed by atoms with Crippen LogP contribution in [0.15, 0.2) is 257 Å². The molecule has 0 saturated heterocycles.